The van der Waals surface area contributed by atoms with E-state index in [-0.39, 0.29) is 32.0 Å². The predicted octanol–water partition coefficient (Wildman–Crippen LogP) is 20.0. The zero-order chi connectivity index (χ0) is 56.3. The fraction of sp³-hybridized carbons (Fsp3) is 0.821. The smallest absolute Gasteiger partial charge is 0.306 e. The van der Waals surface area contributed by atoms with Crippen molar-refractivity contribution in [3.05, 3.63) is 60.8 Å². The number of allylic oxidation sites excluding steroid dienone is 10. The van der Waals surface area contributed by atoms with Gasteiger partial charge in [-0.3, -0.25) is 14.2 Å². The summed E-state index contributed by atoms with van der Waals surface area (Å²) < 4.78 is 34.2. The maximum absolute atomic E-state index is 12.8. The topological polar surface area (TPSA) is 111 Å². The van der Waals surface area contributed by atoms with Gasteiger partial charge in [-0.15, -0.1) is 0 Å². The monoisotopic (exact) mass is 1100 g/mol. The molecule has 0 aromatic carbocycles. The Labute approximate surface area is 476 Å². The summed E-state index contributed by atoms with van der Waals surface area (Å²) in [5.74, 6) is -0.817. The third-order valence-electron chi connectivity index (χ3n) is 14.3. The molecule has 9 nitrogen and oxygen atoms in total. The standard InChI is InChI=1S/C67H124NO8P/c1-6-8-10-12-14-16-18-20-22-23-24-25-26-27-28-29-30-31-32-33-34-35-36-37-38-39-40-41-42-43-44-45-46-48-50-52-54-56-58-60-67(70)76-65(64-75-77(71,72)74-62-61-68(3,4)5)63-73-66(69)59-57-55-53-51-49-47-21-19-17-15-13-11-9-7-2/h8,10,14,16,20,22,24-25,27-28,65H,6-7,9,11-13,15,17-19,21,23,26,29-64H2,1-5H3/b10-8-,16-14-,22-20-,25-24-,28-27-. The number of quaternary nitrogens is 1. The lowest BCUT2D eigenvalue weighted by Crippen LogP contribution is -2.37. The number of ether oxygens (including phenoxy) is 2. The van der Waals surface area contributed by atoms with Gasteiger partial charge in [0, 0.05) is 12.8 Å². The normalized spacial score (nSPS) is 13.6. The number of nitrogens with zero attached hydrogens (tertiary/aromatic N) is 1. The Bertz CT molecular complexity index is 1480. The van der Waals surface area contributed by atoms with Crippen LogP contribution in [0.1, 0.15) is 303 Å². The summed E-state index contributed by atoms with van der Waals surface area (Å²) in [5, 5.41) is 0. The zero-order valence-electron chi connectivity index (χ0n) is 51.2. The number of hydrogen-bond donors (Lipinski definition) is 0. The number of esters is 2. The van der Waals surface area contributed by atoms with Gasteiger partial charge in [-0.1, -0.05) is 293 Å². The third kappa shape index (κ3) is 62.8. The fourth-order valence-corrected chi connectivity index (χ4v) is 10.1. The van der Waals surface area contributed by atoms with Gasteiger partial charge in [-0.05, 0) is 57.8 Å². The van der Waals surface area contributed by atoms with Crippen LogP contribution in [-0.4, -0.2) is 70.0 Å². The summed E-state index contributed by atoms with van der Waals surface area (Å²) in [4.78, 5) is 37.9. The molecule has 0 bridgehead atoms. The van der Waals surface area contributed by atoms with Gasteiger partial charge in [-0.2, -0.15) is 0 Å². The number of phosphoric acid groups is 1. The Morgan fingerprint density at radius 2 is 0.740 bits per heavy atom. The Morgan fingerprint density at radius 3 is 1.10 bits per heavy atom. The number of unbranched alkanes of at least 4 members (excludes halogenated alkanes) is 36. The zero-order valence-corrected chi connectivity index (χ0v) is 52.1. The molecule has 0 fully saturated rings. The molecule has 2 atom stereocenters. The third-order valence-corrected chi connectivity index (χ3v) is 15.3. The highest BCUT2D eigenvalue weighted by atomic mass is 31.2. The molecular formula is C67H124NO8P. The second-order valence-electron chi connectivity index (χ2n) is 23.1. The van der Waals surface area contributed by atoms with Crippen molar-refractivity contribution >= 4 is 19.8 Å². The molecule has 0 radical (unpaired) electrons. The molecule has 0 saturated carbocycles. The van der Waals surface area contributed by atoms with Gasteiger partial charge in [0.05, 0.1) is 27.7 Å². The summed E-state index contributed by atoms with van der Waals surface area (Å²) in [5.41, 5.74) is 0. The summed E-state index contributed by atoms with van der Waals surface area (Å²) in [7, 11) is 1.18. The van der Waals surface area contributed by atoms with Crippen molar-refractivity contribution in [3.63, 3.8) is 0 Å². The number of phosphoric ester groups is 1. The van der Waals surface area contributed by atoms with Crippen molar-refractivity contribution in [3.8, 4) is 0 Å². The minimum Gasteiger partial charge on any atom is -0.756 e. The molecule has 0 N–H and O–H groups in total. The van der Waals surface area contributed by atoms with E-state index in [2.05, 4.69) is 74.6 Å². The summed E-state index contributed by atoms with van der Waals surface area (Å²) in [6.45, 7) is 4.16. The molecule has 10 heteroatoms. The van der Waals surface area contributed by atoms with Crippen LogP contribution in [0.5, 0.6) is 0 Å². The maximum atomic E-state index is 12.8. The molecule has 0 aliphatic heterocycles. The Balaban J connectivity index is 3.90. The Hall–Kier alpha value is -2.29. The molecule has 0 aliphatic carbocycles. The predicted molar refractivity (Wildman–Crippen MR) is 328 cm³/mol. The highest BCUT2D eigenvalue weighted by Crippen LogP contribution is 2.38. The van der Waals surface area contributed by atoms with Gasteiger partial charge in [0.15, 0.2) is 6.10 Å². The lowest BCUT2D eigenvalue weighted by atomic mass is 10.0. The molecule has 0 saturated heterocycles. The Morgan fingerprint density at radius 1 is 0.416 bits per heavy atom. The average molecular weight is 1100 g/mol. The largest absolute Gasteiger partial charge is 0.756 e. The van der Waals surface area contributed by atoms with Crippen molar-refractivity contribution in [2.45, 2.75) is 309 Å². The van der Waals surface area contributed by atoms with Crippen LogP contribution >= 0.6 is 7.82 Å². The van der Waals surface area contributed by atoms with E-state index in [1.807, 2.05) is 21.1 Å². The number of rotatable bonds is 60. The molecule has 0 amide bonds. The van der Waals surface area contributed by atoms with E-state index in [1.54, 1.807) is 0 Å². The average Bonchev–Trinajstić information content (AvgIpc) is 3.39. The van der Waals surface area contributed by atoms with Crippen molar-refractivity contribution in [1.82, 2.24) is 0 Å². The van der Waals surface area contributed by atoms with Crippen molar-refractivity contribution < 1.29 is 42.1 Å². The lowest BCUT2D eigenvalue weighted by Gasteiger charge is -2.28. The van der Waals surface area contributed by atoms with Crippen LogP contribution in [0.15, 0.2) is 60.8 Å². The van der Waals surface area contributed by atoms with Gasteiger partial charge in [-0.25, -0.2) is 0 Å². The van der Waals surface area contributed by atoms with Gasteiger partial charge in [0.25, 0.3) is 7.82 Å². The van der Waals surface area contributed by atoms with Crippen LogP contribution in [0.25, 0.3) is 0 Å². The van der Waals surface area contributed by atoms with Crippen molar-refractivity contribution in [2.75, 3.05) is 47.5 Å². The van der Waals surface area contributed by atoms with Gasteiger partial charge in [0.1, 0.15) is 19.8 Å². The van der Waals surface area contributed by atoms with Crippen LogP contribution in [0.2, 0.25) is 0 Å². The van der Waals surface area contributed by atoms with Gasteiger partial charge < -0.3 is 27.9 Å². The second-order valence-corrected chi connectivity index (χ2v) is 24.5. The quantitative estimate of drug-likeness (QED) is 0.0195. The summed E-state index contributed by atoms with van der Waals surface area (Å²) in [6.07, 6.45) is 75.9. The van der Waals surface area contributed by atoms with E-state index in [1.165, 1.54) is 205 Å². The van der Waals surface area contributed by atoms with Gasteiger partial charge >= 0.3 is 11.9 Å². The molecule has 0 heterocycles. The number of carbonyl (C=O) groups excluding carboxylic acids is 2. The first kappa shape index (κ1) is 74.7. The second kappa shape index (κ2) is 58.4. The molecule has 2 unspecified atom stereocenters. The van der Waals surface area contributed by atoms with Crippen LogP contribution in [0.4, 0.5) is 0 Å². The van der Waals surface area contributed by atoms with Crippen LogP contribution in [-0.2, 0) is 32.7 Å². The molecule has 0 aromatic rings. The van der Waals surface area contributed by atoms with Crippen LogP contribution in [0.3, 0.4) is 0 Å². The molecule has 0 aliphatic rings. The highest BCUT2D eigenvalue weighted by Gasteiger charge is 2.22. The molecule has 77 heavy (non-hydrogen) atoms. The molecule has 0 spiro atoms. The number of hydrogen-bond acceptors (Lipinski definition) is 8. The summed E-state index contributed by atoms with van der Waals surface area (Å²) in [6, 6.07) is 0. The van der Waals surface area contributed by atoms with E-state index >= 15 is 0 Å². The van der Waals surface area contributed by atoms with Crippen molar-refractivity contribution in [1.29, 1.82) is 0 Å². The first-order chi connectivity index (χ1) is 37.5. The first-order valence-electron chi connectivity index (χ1n) is 32.5. The maximum Gasteiger partial charge on any atom is 0.306 e. The van der Waals surface area contributed by atoms with Gasteiger partial charge in [0.2, 0.25) is 0 Å². The lowest BCUT2D eigenvalue weighted by molar-refractivity contribution is -0.870. The molecule has 0 aromatic heterocycles. The van der Waals surface area contributed by atoms with E-state index in [9.17, 15) is 19.0 Å². The van der Waals surface area contributed by atoms with E-state index in [4.69, 9.17) is 18.5 Å². The number of likely N-dealkylation sites (N-methyl/N-ethyl adjacent to an activating group) is 1. The van der Waals surface area contributed by atoms with E-state index in [0.717, 1.165) is 64.2 Å². The molecule has 0 rings (SSSR count). The SMILES string of the molecule is CC/C=C\C/C=C\C/C=C\C/C=C\C/C=C\CCCCCCCCCCCCCCCCCCCCCCCCCC(=O)OC(COC(=O)CCCCCCCCCCCCCCCC)COP(=O)([O-])OCC[N+](C)(C)C. The first-order valence-corrected chi connectivity index (χ1v) is 34.0. The molecule has 450 valence electrons. The van der Waals surface area contributed by atoms with E-state index in [0.29, 0.717) is 17.4 Å². The Kier molecular flexibility index (Phi) is 56.6. The van der Waals surface area contributed by atoms with E-state index < -0.39 is 26.5 Å². The van der Waals surface area contributed by atoms with Crippen LogP contribution in [0, 0.1) is 0 Å². The minimum absolute atomic E-state index is 0.0283. The minimum atomic E-state index is -4.63. The highest BCUT2D eigenvalue weighted by molar-refractivity contribution is 7.45. The molecular weight excluding hydrogens is 978 g/mol. The number of carbonyl (C=O) groups is 2. The van der Waals surface area contributed by atoms with Crippen molar-refractivity contribution in [2.24, 2.45) is 0 Å². The summed E-state index contributed by atoms with van der Waals surface area (Å²) >= 11 is 0. The van der Waals surface area contributed by atoms with Crippen LogP contribution < -0.4 is 4.89 Å². The fourth-order valence-electron chi connectivity index (χ4n) is 9.33.